The number of nitrogens with zero attached hydrogens (tertiary/aromatic N) is 3. The van der Waals surface area contributed by atoms with Gasteiger partial charge in [0.15, 0.2) is 5.82 Å². The molecule has 3 rings (SSSR count). The maximum Gasteiger partial charge on any atom is 0.151 e. The van der Waals surface area contributed by atoms with E-state index in [-0.39, 0.29) is 12.1 Å². The van der Waals surface area contributed by atoms with Crippen LogP contribution in [0.1, 0.15) is 38.3 Å². The third-order valence-electron chi connectivity index (χ3n) is 3.97. The zero-order chi connectivity index (χ0) is 12.7. The van der Waals surface area contributed by atoms with Crippen LogP contribution < -0.4 is 4.90 Å². The highest BCUT2D eigenvalue weighted by atomic mass is 35.5. The molecule has 18 heavy (non-hydrogen) atoms. The van der Waals surface area contributed by atoms with Crippen LogP contribution in [0.5, 0.6) is 0 Å². The summed E-state index contributed by atoms with van der Waals surface area (Å²) < 4.78 is 0. The summed E-state index contributed by atoms with van der Waals surface area (Å²) in [5, 5.41) is 0.659. The lowest BCUT2D eigenvalue weighted by Gasteiger charge is -2.35. The second-order valence-corrected chi connectivity index (χ2v) is 5.43. The van der Waals surface area contributed by atoms with Crippen molar-refractivity contribution < 1.29 is 4.79 Å². The summed E-state index contributed by atoms with van der Waals surface area (Å²) >= 11 is 6.39. The van der Waals surface area contributed by atoms with Gasteiger partial charge < -0.3 is 4.90 Å². The molecule has 2 aliphatic heterocycles. The highest BCUT2D eigenvalue weighted by molar-refractivity contribution is 6.33. The fourth-order valence-corrected chi connectivity index (χ4v) is 3.47. The molecule has 1 aromatic rings. The SMILES string of the molecule is CCc1ncnc(N2[C@@H]3CC[C@H]2CC(=O)C3)c1Cl. The molecule has 0 spiro atoms. The summed E-state index contributed by atoms with van der Waals surface area (Å²) in [7, 11) is 0. The molecule has 2 bridgehead atoms. The monoisotopic (exact) mass is 265 g/mol. The van der Waals surface area contributed by atoms with Gasteiger partial charge in [0.25, 0.3) is 0 Å². The molecule has 0 aliphatic carbocycles. The molecule has 0 unspecified atom stereocenters. The number of rotatable bonds is 2. The Bertz CT molecular complexity index is 475. The number of Topliss-reactive ketones (excluding diaryl/α,β-unsaturated/α-hetero) is 1. The number of aryl methyl sites for hydroxylation is 1. The van der Waals surface area contributed by atoms with E-state index in [1.165, 1.54) is 0 Å². The van der Waals surface area contributed by atoms with Gasteiger partial charge in [-0.05, 0) is 19.3 Å². The van der Waals surface area contributed by atoms with Crippen molar-refractivity contribution >= 4 is 23.2 Å². The van der Waals surface area contributed by atoms with Crippen molar-refractivity contribution in [2.24, 2.45) is 0 Å². The quantitative estimate of drug-likeness (QED) is 0.824. The maximum atomic E-state index is 11.6. The van der Waals surface area contributed by atoms with Gasteiger partial charge in [-0.3, -0.25) is 4.79 Å². The molecule has 2 aliphatic rings. The van der Waals surface area contributed by atoms with Crippen LogP contribution in [-0.2, 0) is 11.2 Å². The van der Waals surface area contributed by atoms with Gasteiger partial charge in [-0.1, -0.05) is 18.5 Å². The van der Waals surface area contributed by atoms with E-state index in [9.17, 15) is 4.79 Å². The Kier molecular flexibility index (Phi) is 2.98. The van der Waals surface area contributed by atoms with Gasteiger partial charge in [-0.15, -0.1) is 0 Å². The van der Waals surface area contributed by atoms with Gasteiger partial charge in [0.1, 0.15) is 17.1 Å². The first-order valence-electron chi connectivity index (χ1n) is 6.50. The number of hydrogen-bond acceptors (Lipinski definition) is 4. The number of carbonyl (C=O) groups excluding carboxylic acids is 1. The molecule has 5 heteroatoms. The average molecular weight is 266 g/mol. The Labute approximate surface area is 111 Å². The molecular weight excluding hydrogens is 250 g/mol. The van der Waals surface area contributed by atoms with Crippen molar-refractivity contribution in [2.45, 2.75) is 51.1 Å². The number of carbonyl (C=O) groups is 1. The van der Waals surface area contributed by atoms with Crippen LogP contribution in [0.3, 0.4) is 0 Å². The topological polar surface area (TPSA) is 46.1 Å². The van der Waals surface area contributed by atoms with Gasteiger partial charge in [-0.2, -0.15) is 0 Å². The lowest BCUT2D eigenvalue weighted by atomic mass is 10.0. The van der Waals surface area contributed by atoms with Crippen molar-refractivity contribution in [3.63, 3.8) is 0 Å². The van der Waals surface area contributed by atoms with Crippen molar-refractivity contribution in [1.29, 1.82) is 0 Å². The van der Waals surface area contributed by atoms with E-state index in [1.54, 1.807) is 6.33 Å². The number of piperidine rings is 1. The van der Waals surface area contributed by atoms with Crippen molar-refractivity contribution in [1.82, 2.24) is 9.97 Å². The molecule has 2 saturated heterocycles. The highest BCUT2D eigenvalue weighted by Crippen LogP contribution is 2.40. The molecule has 96 valence electrons. The fourth-order valence-electron chi connectivity index (χ4n) is 3.14. The van der Waals surface area contributed by atoms with Crippen LogP contribution in [0, 0.1) is 0 Å². The predicted octanol–water partition coefficient (Wildman–Crippen LogP) is 2.39. The highest BCUT2D eigenvalue weighted by Gasteiger charge is 2.41. The van der Waals surface area contributed by atoms with Gasteiger partial charge in [0, 0.05) is 24.9 Å². The molecule has 3 heterocycles. The number of ketones is 1. The zero-order valence-electron chi connectivity index (χ0n) is 10.4. The minimum atomic E-state index is 0.286. The molecule has 0 aromatic carbocycles. The van der Waals surface area contributed by atoms with Gasteiger partial charge in [0.2, 0.25) is 0 Å². The maximum absolute atomic E-state index is 11.6. The van der Waals surface area contributed by atoms with Crippen LogP contribution in [0.2, 0.25) is 5.02 Å². The minimum absolute atomic E-state index is 0.286. The largest absolute Gasteiger partial charge is 0.348 e. The second kappa shape index (κ2) is 4.50. The van der Waals surface area contributed by atoms with E-state index < -0.39 is 0 Å². The zero-order valence-corrected chi connectivity index (χ0v) is 11.2. The Balaban J connectivity index is 1.99. The molecule has 2 atom stereocenters. The van der Waals surface area contributed by atoms with Crippen LogP contribution in [-0.4, -0.2) is 27.8 Å². The van der Waals surface area contributed by atoms with Crippen molar-refractivity contribution in [3.05, 3.63) is 17.0 Å². The van der Waals surface area contributed by atoms with Crippen LogP contribution in [0.15, 0.2) is 6.33 Å². The van der Waals surface area contributed by atoms with Crippen molar-refractivity contribution in [2.75, 3.05) is 4.90 Å². The predicted molar refractivity (Wildman–Crippen MR) is 70.0 cm³/mol. The molecule has 0 saturated carbocycles. The Hall–Kier alpha value is -1.16. The van der Waals surface area contributed by atoms with E-state index >= 15 is 0 Å². The lowest BCUT2D eigenvalue weighted by molar-refractivity contribution is -0.120. The van der Waals surface area contributed by atoms with Crippen molar-refractivity contribution in [3.8, 4) is 0 Å². The number of hydrogen-bond donors (Lipinski definition) is 0. The molecule has 0 N–H and O–H groups in total. The number of halogens is 1. The van der Waals surface area contributed by atoms with E-state index in [0.717, 1.165) is 30.8 Å². The van der Waals surface area contributed by atoms with Crippen LogP contribution in [0.4, 0.5) is 5.82 Å². The standard InChI is InChI=1S/C13H16ClN3O/c1-2-11-12(14)13(16-7-15-11)17-8-3-4-9(17)6-10(18)5-8/h7-9H,2-6H2,1H3/t8-,9+. The third kappa shape index (κ3) is 1.79. The second-order valence-electron chi connectivity index (χ2n) is 5.05. The lowest BCUT2D eigenvalue weighted by Crippen LogP contribution is -2.44. The Morgan fingerprint density at radius 2 is 2.00 bits per heavy atom. The van der Waals surface area contributed by atoms with E-state index in [4.69, 9.17) is 11.6 Å². The molecule has 0 amide bonds. The smallest absolute Gasteiger partial charge is 0.151 e. The number of anilines is 1. The van der Waals surface area contributed by atoms with Gasteiger partial charge in [0.05, 0.1) is 5.69 Å². The fraction of sp³-hybridized carbons (Fsp3) is 0.615. The first kappa shape index (κ1) is 11.9. The van der Waals surface area contributed by atoms with E-state index in [0.29, 0.717) is 23.6 Å². The van der Waals surface area contributed by atoms with Crippen LogP contribution >= 0.6 is 11.6 Å². The number of fused-ring (bicyclic) bond motifs is 2. The Morgan fingerprint density at radius 3 is 2.61 bits per heavy atom. The summed E-state index contributed by atoms with van der Waals surface area (Å²) in [6, 6.07) is 0.571. The molecule has 0 radical (unpaired) electrons. The normalized spacial score (nSPS) is 26.8. The summed E-state index contributed by atoms with van der Waals surface area (Å²) in [5.41, 5.74) is 0.887. The third-order valence-corrected chi connectivity index (χ3v) is 4.36. The molecular formula is C13H16ClN3O. The Morgan fingerprint density at radius 1 is 1.33 bits per heavy atom. The first-order chi connectivity index (χ1) is 8.70. The molecule has 2 fully saturated rings. The summed E-state index contributed by atoms with van der Waals surface area (Å²) in [5.74, 6) is 1.20. The van der Waals surface area contributed by atoms with Gasteiger partial charge in [-0.25, -0.2) is 9.97 Å². The van der Waals surface area contributed by atoms with E-state index in [2.05, 4.69) is 14.9 Å². The summed E-state index contributed by atoms with van der Waals surface area (Å²) in [6.45, 7) is 2.03. The van der Waals surface area contributed by atoms with Crippen LogP contribution in [0.25, 0.3) is 0 Å². The average Bonchev–Trinajstić information content (AvgIpc) is 2.62. The number of aromatic nitrogens is 2. The van der Waals surface area contributed by atoms with E-state index in [1.807, 2.05) is 6.92 Å². The molecule has 1 aromatic heterocycles. The molecule has 4 nitrogen and oxygen atoms in total. The first-order valence-corrected chi connectivity index (χ1v) is 6.88. The minimum Gasteiger partial charge on any atom is -0.348 e. The van der Waals surface area contributed by atoms with Gasteiger partial charge >= 0.3 is 0 Å². The summed E-state index contributed by atoms with van der Waals surface area (Å²) in [6.07, 6.45) is 5.79. The summed E-state index contributed by atoms with van der Waals surface area (Å²) in [4.78, 5) is 22.4.